The molecule has 2 amide bonds. The molecule has 2 aromatic rings. The Morgan fingerprint density at radius 2 is 1.96 bits per heavy atom. The molecule has 11 heteroatoms. The zero-order chi connectivity index (χ0) is 18.4. The molecule has 0 fully saturated rings. The zero-order valence-corrected chi connectivity index (χ0v) is 13.8. The van der Waals surface area contributed by atoms with Crippen LogP contribution >= 0.6 is 11.8 Å². The van der Waals surface area contributed by atoms with Gasteiger partial charge in [0.2, 0.25) is 17.7 Å². The summed E-state index contributed by atoms with van der Waals surface area (Å²) in [5.74, 6) is -4.51. The van der Waals surface area contributed by atoms with Gasteiger partial charge in [0.05, 0.1) is 23.7 Å². The van der Waals surface area contributed by atoms with E-state index in [1.54, 1.807) is 6.92 Å². The van der Waals surface area contributed by atoms with Gasteiger partial charge >= 0.3 is 0 Å². The monoisotopic (exact) mass is 374 g/mol. The van der Waals surface area contributed by atoms with Crippen molar-refractivity contribution in [3.8, 4) is 0 Å². The van der Waals surface area contributed by atoms with Crippen molar-refractivity contribution in [2.24, 2.45) is 0 Å². The number of aromatic nitrogens is 2. The summed E-state index contributed by atoms with van der Waals surface area (Å²) >= 11 is 1.21. The molecule has 7 nitrogen and oxygen atoms in total. The first-order valence-corrected chi connectivity index (χ1v) is 8.09. The number of halogens is 3. The molecule has 134 valence electrons. The lowest BCUT2D eigenvalue weighted by atomic mass is 10.2. The van der Waals surface area contributed by atoms with Gasteiger partial charge in [-0.15, -0.1) is 11.8 Å². The van der Waals surface area contributed by atoms with Crippen molar-refractivity contribution < 1.29 is 27.3 Å². The Morgan fingerprint density at radius 3 is 2.64 bits per heavy atom. The molecule has 25 heavy (non-hydrogen) atoms. The van der Waals surface area contributed by atoms with Crippen LogP contribution in [0.2, 0.25) is 0 Å². The summed E-state index contributed by atoms with van der Waals surface area (Å²) in [6, 6.07) is 1.57. The molecule has 0 spiro atoms. The average Bonchev–Trinajstić information content (AvgIpc) is 2.99. The number of aryl methyl sites for hydroxylation is 1. The van der Waals surface area contributed by atoms with E-state index in [1.807, 2.05) is 5.32 Å². The van der Waals surface area contributed by atoms with E-state index >= 15 is 0 Å². The molecule has 0 radical (unpaired) electrons. The summed E-state index contributed by atoms with van der Waals surface area (Å²) < 4.78 is 44.0. The second kappa shape index (κ2) is 8.51. The maximum Gasteiger partial charge on any atom is 0.243 e. The quantitative estimate of drug-likeness (QED) is 0.717. The van der Waals surface area contributed by atoms with Crippen LogP contribution in [-0.4, -0.2) is 34.3 Å². The van der Waals surface area contributed by atoms with Gasteiger partial charge in [0, 0.05) is 6.92 Å². The lowest BCUT2D eigenvalue weighted by Gasteiger charge is -2.08. The van der Waals surface area contributed by atoms with E-state index in [-0.39, 0.29) is 5.75 Å². The molecule has 0 saturated heterocycles. The Bertz CT molecular complexity index is 785. The lowest BCUT2D eigenvalue weighted by molar-refractivity contribution is -0.122. The summed E-state index contributed by atoms with van der Waals surface area (Å²) in [6.45, 7) is 1.20. The van der Waals surface area contributed by atoms with E-state index in [9.17, 15) is 22.8 Å². The zero-order valence-electron chi connectivity index (χ0n) is 12.9. The van der Waals surface area contributed by atoms with Gasteiger partial charge in [-0.2, -0.15) is 4.98 Å². The van der Waals surface area contributed by atoms with Crippen molar-refractivity contribution in [1.29, 1.82) is 0 Å². The van der Waals surface area contributed by atoms with Gasteiger partial charge in [0.15, 0.2) is 23.3 Å². The Kier molecular flexibility index (Phi) is 6.39. The molecule has 0 atom stereocenters. The second-order valence-electron chi connectivity index (χ2n) is 4.77. The number of nitrogens with zero attached hydrogens (tertiary/aromatic N) is 2. The van der Waals surface area contributed by atoms with Crippen molar-refractivity contribution in [3.05, 3.63) is 41.3 Å². The summed E-state index contributed by atoms with van der Waals surface area (Å²) in [6.07, 6.45) is 0. The van der Waals surface area contributed by atoms with Crippen LogP contribution in [0, 0.1) is 24.4 Å². The normalized spacial score (nSPS) is 10.6. The van der Waals surface area contributed by atoms with Crippen LogP contribution in [0.3, 0.4) is 0 Å². The molecular weight excluding hydrogens is 361 g/mol. The van der Waals surface area contributed by atoms with Gasteiger partial charge in [-0.1, -0.05) is 5.16 Å². The van der Waals surface area contributed by atoms with Gasteiger partial charge < -0.3 is 15.2 Å². The minimum absolute atomic E-state index is 0.0421. The maximum absolute atomic E-state index is 13.4. The van der Waals surface area contributed by atoms with Crippen LogP contribution in [-0.2, 0) is 15.3 Å². The van der Waals surface area contributed by atoms with Crippen molar-refractivity contribution in [2.45, 2.75) is 12.7 Å². The highest BCUT2D eigenvalue weighted by atomic mass is 32.2. The topological polar surface area (TPSA) is 97.1 Å². The van der Waals surface area contributed by atoms with Crippen LogP contribution in [0.25, 0.3) is 0 Å². The summed E-state index contributed by atoms with van der Waals surface area (Å²) in [4.78, 5) is 27.2. The number of carbonyl (C=O) groups excluding carboxylic acids is 2. The summed E-state index contributed by atoms with van der Waals surface area (Å²) in [5.41, 5.74) is -0.514. The maximum atomic E-state index is 13.4. The van der Waals surface area contributed by atoms with Crippen molar-refractivity contribution >= 4 is 29.3 Å². The number of amides is 2. The molecule has 2 rings (SSSR count). The van der Waals surface area contributed by atoms with Crippen molar-refractivity contribution in [2.75, 3.05) is 17.6 Å². The van der Waals surface area contributed by atoms with Gasteiger partial charge in [-0.3, -0.25) is 9.59 Å². The highest BCUT2D eigenvalue weighted by molar-refractivity contribution is 7.99. The van der Waals surface area contributed by atoms with Crippen LogP contribution in [0.1, 0.15) is 11.7 Å². The fourth-order valence-electron chi connectivity index (χ4n) is 1.68. The lowest BCUT2D eigenvalue weighted by Crippen LogP contribution is -2.34. The van der Waals surface area contributed by atoms with E-state index in [0.29, 0.717) is 23.5 Å². The van der Waals surface area contributed by atoms with E-state index < -0.39 is 41.5 Å². The van der Waals surface area contributed by atoms with E-state index in [1.165, 1.54) is 11.8 Å². The number of carbonyl (C=O) groups is 2. The highest BCUT2D eigenvalue weighted by Gasteiger charge is 2.15. The van der Waals surface area contributed by atoms with Gasteiger partial charge in [0.25, 0.3) is 0 Å². The fraction of sp³-hybridized carbons (Fsp3) is 0.286. The van der Waals surface area contributed by atoms with Crippen LogP contribution in [0.15, 0.2) is 16.7 Å². The largest absolute Gasteiger partial charge is 0.346 e. The molecule has 1 aromatic carbocycles. The van der Waals surface area contributed by atoms with Crippen molar-refractivity contribution in [1.82, 2.24) is 15.5 Å². The third-order valence-corrected chi connectivity index (χ3v) is 3.72. The van der Waals surface area contributed by atoms with Crippen LogP contribution in [0.5, 0.6) is 0 Å². The number of benzene rings is 1. The molecule has 0 bridgehead atoms. The number of anilines is 1. The molecule has 0 saturated carbocycles. The Hall–Kier alpha value is -2.56. The van der Waals surface area contributed by atoms with Gasteiger partial charge in [-0.25, -0.2) is 13.2 Å². The number of hydrogen-bond donors (Lipinski definition) is 2. The SMILES string of the molecule is Cc1nc(CSCC(=O)NCC(=O)Nc2ccc(F)c(F)c2F)no1. The Balaban J connectivity index is 1.72. The molecule has 0 aliphatic carbocycles. The molecule has 1 heterocycles. The standard InChI is InChI=1S/C14H13F3N4O3S/c1-7-19-10(21-24-7)5-25-6-12(23)18-4-11(22)20-9-3-2-8(15)13(16)14(9)17/h2-3H,4-6H2,1H3,(H,18,23)(H,20,22). The molecule has 1 aromatic heterocycles. The van der Waals surface area contributed by atoms with Gasteiger partial charge in [-0.05, 0) is 12.1 Å². The van der Waals surface area contributed by atoms with E-state index in [0.717, 1.165) is 6.07 Å². The Morgan fingerprint density at radius 1 is 1.20 bits per heavy atom. The van der Waals surface area contributed by atoms with Crippen LogP contribution in [0.4, 0.5) is 18.9 Å². The van der Waals surface area contributed by atoms with Crippen LogP contribution < -0.4 is 10.6 Å². The first-order valence-electron chi connectivity index (χ1n) is 6.93. The number of nitrogens with one attached hydrogen (secondary N) is 2. The van der Waals surface area contributed by atoms with Gasteiger partial charge in [0.1, 0.15) is 0 Å². The molecule has 2 N–H and O–H groups in total. The average molecular weight is 374 g/mol. The number of thioether (sulfide) groups is 1. The summed E-state index contributed by atoms with van der Waals surface area (Å²) in [7, 11) is 0. The third kappa shape index (κ3) is 5.48. The minimum Gasteiger partial charge on any atom is -0.346 e. The number of hydrogen-bond acceptors (Lipinski definition) is 6. The fourth-order valence-corrected chi connectivity index (χ4v) is 2.37. The van der Waals surface area contributed by atoms with E-state index in [2.05, 4.69) is 15.5 Å². The summed E-state index contributed by atoms with van der Waals surface area (Å²) in [5, 5.41) is 8.02. The molecule has 0 aliphatic heterocycles. The highest BCUT2D eigenvalue weighted by Crippen LogP contribution is 2.19. The van der Waals surface area contributed by atoms with E-state index in [4.69, 9.17) is 4.52 Å². The van der Waals surface area contributed by atoms with Crippen molar-refractivity contribution in [3.63, 3.8) is 0 Å². The predicted molar refractivity (Wildman–Crippen MR) is 83.2 cm³/mol. The first-order chi connectivity index (χ1) is 11.9. The predicted octanol–water partition coefficient (Wildman–Crippen LogP) is 1.78. The molecule has 0 aliphatic rings. The first kappa shape index (κ1) is 18.8. The smallest absolute Gasteiger partial charge is 0.243 e. The Labute approximate surface area is 144 Å². The molecule has 0 unspecified atom stereocenters. The molecular formula is C14H13F3N4O3S. The third-order valence-electron chi connectivity index (χ3n) is 2.79. The number of rotatable bonds is 7. The minimum atomic E-state index is -1.69. The second-order valence-corrected chi connectivity index (χ2v) is 5.76.